The van der Waals surface area contributed by atoms with Gasteiger partial charge in [0.15, 0.2) is 17.5 Å². The number of aryl methyl sites for hydroxylation is 3. The Bertz CT molecular complexity index is 5030. The van der Waals surface area contributed by atoms with Crippen LogP contribution in [0, 0.1) is 20.8 Å². The molecule has 9 rings (SSSR count). The fourth-order valence-electron chi connectivity index (χ4n) is 7.02. The van der Waals surface area contributed by atoms with Crippen molar-refractivity contribution in [2.45, 2.75) is 60.8 Å². The van der Waals surface area contributed by atoms with Gasteiger partial charge in [-0.05, 0) is 110 Å². The zero-order valence-electron chi connectivity index (χ0n) is 66.3. The van der Waals surface area contributed by atoms with E-state index in [0.29, 0.717) is 22.0 Å². The molecular formula is C60H69Br3N18O12S3. The van der Waals surface area contributed by atoms with Crippen molar-refractivity contribution in [1.29, 1.82) is 0 Å². The Kier molecular flexibility index (Phi) is 21.9. The Labute approximate surface area is 602 Å². The molecule has 0 radical (unpaired) electrons. The first kappa shape index (κ1) is 55.6. The van der Waals surface area contributed by atoms with Gasteiger partial charge in [0.25, 0.3) is 30.6 Å². The van der Waals surface area contributed by atoms with Crippen molar-refractivity contribution in [3.05, 3.63) is 159 Å². The van der Waals surface area contributed by atoms with Crippen molar-refractivity contribution in [2.24, 2.45) is 0 Å². The highest BCUT2D eigenvalue weighted by atomic mass is 79.9. The first-order valence-corrected chi connectivity index (χ1v) is 34.5. The van der Waals surface area contributed by atoms with E-state index in [9.17, 15) is 25.3 Å². The molecule has 0 unspecified atom stereocenters. The molecule has 510 valence electrons. The minimum atomic E-state index is -4.83. The predicted molar refractivity (Wildman–Crippen MR) is 371 cm³/mol. The third kappa shape index (κ3) is 24.9. The lowest BCUT2D eigenvalue weighted by molar-refractivity contribution is 0.202. The van der Waals surface area contributed by atoms with Gasteiger partial charge >= 0.3 is 18.0 Å². The second kappa shape index (κ2) is 37.7. The van der Waals surface area contributed by atoms with Crippen LogP contribution in [0.4, 0.5) is 17.5 Å². The smallest absolute Gasteiger partial charge is 0.316 e. The van der Waals surface area contributed by atoms with Crippen LogP contribution in [0.5, 0.6) is 35.7 Å². The van der Waals surface area contributed by atoms with E-state index in [-0.39, 0.29) is 76.6 Å². The lowest BCUT2D eigenvalue weighted by Crippen LogP contribution is -2.31. The summed E-state index contributed by atoms with van der Waals surface area (Å²) in [7, 11) is -13.3. The van der Waals surface area contributed by atoms with Gasteiger partial charge in [-0.2, -0.15) is 39.4 Å². The summed E-state index contributed by atoms with van der Waals surface area (Å²) in [6.07, 6.45) is 4.72. The van der Waals surface area contributed by atoms with E-state index in [1.54, 1.807) is 86.2 Å². The van der Waals surface area contributed by atoms with Crippen molar-refractivity contribution in [3.8, 4) is 69.1 Å². The molecule has 36 heteroatoms. The summed E-state index contributed by atoms with van der Waals surface area (Å²) in [6, 6.07) is 19.0. The lowest BCUT2D eigenvalue weighted by Gasteiger charge is -2.15. The number of hydrogen-bond acceptors (Lipinski definition) is 24. The molecule has 0 aliphatic carbocycles. The van der Waals surface area contributed by atoms with Crippen LogP contribution in [-0.4, -0.2) is 144 Å². The van der Waals surface area contributed by atoms with Crippen LogP contribution >= 0.6 is 47.8 Å². The molecule has 0 saturated carbocycles. The summed E-state index contributed by atoms with van der Waals surface area (Å²) in [5.41, 5.74) is 3.32. The normalized spacial score (nSPS) is 14.4. The molecule has 6 N–H and O–H groups in total. The monoisotopic (exact) mass is 1580 g/mol. The predicted octanol–water partition coefficient (Wildman–Crippen LogP) is 9.36. The van der Waals surface area contributed by atoms with Crippen LogP contribution in [0.1, 0.15) is 77.2 Å². The van der Waals surface area contributed by atoms with Crippen molar-refractivity contribution >= 4 is 95.9 Å². The molecule has 0 saturated heterocycles. The van der Waals surface area contributed by atoms with Crippen molar-refractivity contribution in [2.75, 3.05) is 73.2 Å². The second-order valence-electron chi connectivity index (χ2n) is 18.6. The summed E-state index contributed by atoms with van der Waals surface area (Å²) in [6.45, 7) is -5.13. The van der Waals surface area contributed by atoms with Gasteiger partial charge in [-0.1, -0.05) is 105 Å². The second-order valence-corrected chi connectivity index (χ2v) is 25.7. The largest absolute Gasteiger partial charge is 0.473 e. The maximum absolute atomic E-state index is 12.8. The van der Waals surface area contributed by atoms with E-state index < -0.39 is 120 Å². The number of halogens is 3. The summed E-state index contributed by atoms with van der Waals surface area (Å²) in [4.78, 5) is 46.7. The molecule has 0 amide bonds. The Hall–Kier alpha value is -8.49. The van der Waals surface area contributed by atoms with Gasteiger partial charge in [0.1, 0.15) is 62.5 Å². The zero-order valence-corrected chi connectivity index (χ0v) is 58.5. The van der Waals surface area contributed by atoms with Crippen molar-refractivity contribution in [1.82, 2.24) is 74.0 Å². The van der Waals surface area contributed by atoms with Gasteiger partial charge < -0.3 is 28.4 Å². The van der Waals surface area contributed by atoms with Gasteiger partial charge in [-0.25, -0.2) is 59.8 Å². The molecule has 6 heterocycles. The third-order valence-electron chi connectivity index (χ3n) is 11.2. The molecule has 0 aliphatic heterocycles. The molecule has 0 spiro atoms. The van der Waals surface area contributed by atoms with E-state index in [1.165, 1.54) is 56.2 Å². The minimum Gasteiger partial charge on any atom is -0.473 e. The minimum absolute atomic E-state index is 0.00618. The highest BCUT2D eigenvalue weighted by Crippen LogP contribution is 2.38. The van der Waals surface area contributed by atoms with Gasteiger partial charge in [0.2, 0.25) is 17.6 Å². The van der Waals surface area contributed by atoms with E-state index in [1.807, 2.05) is 16.4 Å². The van der Waals surface area contributed by atoms with Crippen molar-refractivity contribution < 1.29 is 74.2 Å². The van der Waals surface area contributed by atoms with Gasteiger partial charge in [0, 0.05) is 78.4 Å². The van der Waals surface area contributed by atoms with Crippen LogP contribution in [0.2, 0.25) is 0 Å². The molecule has 0 bridgehead atoms. The topological polar surface area (TPSA) is 385 Å². The summed E-state index contributed by atoms with van der Waals surface area (Å²) < 4.78 is 241. The number of rotatable bonds is 33. The number of ether oxygens (including phenoxy) is 6. The highest BCUT2D eigenvalue weighted by Gasteiger charge is 2.23. The van der Waals surface area contributed by atoms with Gasteiger partial charge in [-0.15, -0.1) is 0 Å². The van der Waals surface area contributed by atoms with Crippen LogP contribution in [0.3, 0.4) is 0 Å². The maximum Gasteiger partial charge on any atom is 0.316 e. The van der Waals surface area contributed by atoms with Crippen LogP contribution in [0.15, 0.2) is 142 Å². The zero-order chi connectivity index (χ0) is 82.3. The maximum atomic E-state index is 12.8. The highest BCUT2D eigenvalue weighted by molar-refractivity contribution is 9.11. The summed E-state index contributed by atoms with van der Waals surface area (Å²) in [5, 5.41) is 0. The number of nitrogens with zero attached hydrogens (tertiary/aromatic N) is 12. The lowest BCUT2D eigenvalue weighted by atomic mass is 10.1. The average molecular weight is 1590 g/mol. The Morgan fingerprint density at radius 1 is 0.396 bits per heavy atom. The number of hydrogen-bond donors (Lipinski definition) is 6. The van der Waals surface area contributed by atoms with E-state index in [2.05, 4.69) is 122 Å². The Balaban J connectivity index is 0.000000232. The first-order chi connectivity index (χ1) is 51.5. The van der Waals surface area contributed by atoms with E-state index >= 15 is 0 Å². The molecule has 96 heavy (non-hydrogen) atoms. The number of anilines is 3. The summed E-state index contributed by atoms with van der Waals surface area (Å²) >= 11 is 9.94. The third-order valence-corrected chi connectivity index (χ3v) is 15.5. The standard InChI is InChI=1S/3C20H23BrN6O4S/c3*1-3-8-26-32(28,29)27-18-17(15-4-6-16(21)7-5-15)19(25-13-24-18)30-9-10-31-20-22-11-14(2)12-23-20/h3*4-7,11-13,26H,3,8-10H2,1-2H3,(H,24,25,27)/i3D2,8D2,9D2,13D;8D2,10D2,13D;10D2,13D. The molecule has 30 nitrogen and oxygen atoms in total. The molecule has 0 aliphatic rings. The Morgan fingerprint density at radius 3 is 1.05 bits per heavy atom. The van der Waals surface area contributed by atoms with Crippen LogP contribution in [0.25, 0.3) is 33.4 Å². The SMILES string of the molecule is [2H]c1nc(NS(=O)(=O)NC([2H])([2H])C([2H])([2H])C)c(-c2ccc(Br)cc2)c(OC([2H])([2H])COc2ncc(C)cn2)n1.[2H]c1nc(NS(=O)(=O)NC([2H])([2H])CC)c(-c2ccc(Br)cc2)c(OCC([2H])([2H])Oc2ncc(C)cn2)n1.[2H]c1nc(NS(=O)(=O)NCCC)c(-c2ccc(Br)cc2)c(OCC([2H])([2H])Oc2ncc(C)cn2)n1. The Morgan fingerprint density at radius 2 is 0.708 bits per heavy atom. The quantitative estimate of drug-likeness (QED) is 0.0223. The van der Waals surface area contributed by atoms with Crippen molar-refractivity contribution in [3.63, 3.8) is 0 Å². The molecule has 9 aromatic rings. The fourth-order valence-corrected chi connectivity index (χ4v) is 10.2. The summed E-state index contributed by atoms with van der Waals surface area (Å²) in [5.74, 6) is -2.17. The number of aromatic nitrogens is 12. The van der Waals surface area contributed by atoms with Crippen LogP contribution in [-0.2, 0) is 30.6 Å². The fraction of sp³-hybridized carbons (Fsp3) is 0.300. The van der Waals surface area contributed by atoms with Gasteiger partial charge in [0.05, 0.1) is 24.9 Å². The molecule has 6 aromatic heterocycles. The van der Waals surface area contributed by atoms with Crippen LogP contribution < -0.4 is 56.8 Å². The molecule has 0 fully saturated rings. The molecular weight excluding hydrogens is 1500 g/mol. The van der Waals surface area contributed by atoms with Gasteiger partial charge in [-0.3, -0.25) is 14.2 Å². The average Bonchev–Trinajstić information content (AvgIpc) is 0.787. The molecule has 0 atom stereocenters. The molecule has 3 aromatic carbocycles. The number of benzene rings is 3. The number of nitrogens with one attached hydrogen (secondary N) is 6. The van der Waals surface area contributed by atoms with E-state index in [0.717, 1.165) is 32.6 Å². The first-order valence-electron chi connectivity index (χ1n) is 35.2. The van der Waals surface area contributed by atoms with E-state index in [4.69, 9.17) is 49.0 Å².